The number of thiazole rings is 1. The first-order valence-electron chi connectivity index (χ1n) is 8.48. The van der Waals surface area contributed by atoms with Gasteiger partial charge in [0.1, 0.15) is 11.4 Å². The number of fused-ring (bicyclic) bond motifs is 1. The third kappa shape index (κ3) is 4.07. The van der Waals surface area contributed by atoms with Gasteiger partial charge in [-0.1, -0.05) is 28.7 Å². The number of ether oxygens (including phenoxy) is 1. The molecule has 0 saturated carbocycles. The molecule has 3 heterocycles. The number of nitrogen functional groups attached to an aromatic ring is 1. The first-order chi connectivity index (χ1) is 13.6. The summed E-state index contributed by atoms with van der Waals surface area (Å²) in [5.74, 6) is 0.531. The molecule has 0 aliphatic rings. The smallest absolute Gasteiger partial charge is 0.230 e. The van der Waals surface area contributed by atoms with E-state index in [4.69, 9.17) is 10.5 Å². The quantitative estimate of drug-likeness (QED) is 0.499. The van der Waals surface area contributed by atoms with Gasteiger partial charge < -0.3 is 15.8 Å². The summed E-state index contributed by atoms with van der Waals surface area (Å²) in [4.78, 5) is 20.9. The van der Waals surface area contributed by atoms with Crippen LogP contribution in [0.1, 0.15) is 12.5 Å². The van der Waals surface area contributed by atoms with Crippen LogP contribution in [0.3, 0.4) is 0 Å². The van der Waals surface area contributed by atoms with Crippen molar-refractivity contribution < 1.29 is 9.53 Å². The van der Waals surface area contributed by atoms with E-state index >= 15 is 0 Å². The molecule has 0 aliphatic heterocycles. The zero-order valence-electron chi connectivity index (χ0n) is 14.9. The summed E-state index contributed by atoms with van der Waals surface area (Å²) in [6.45, 7) is 2.50. The number of anilines is 2. The van der Waals surface area contributed by atoms with Gasteiger partial charge in [0.15, 0.2) is 10.1 Å². The molecule has 0 bridgehead atoms. The van der Waals surface area contributed by atoms with Gasteiger partial charge in [0.25, 0.3) is 0 Å². The highest BCUT2D eigenvalue weighted by Crippen LogP contribution is 2.27. The van der Waals surface area contributed by atoms with E-state index in [1.807, 2.05) is 37.3 Å². The van der Waals surface area contributed by atoms with E-state index in [2.05, 4.69) is 25.5 Å². The fourth-order valence-corrected chi connectivity index (χ4v) is 4.12. The Balaban J connectivity index is 1.41. The molecule has 0 radical (unpaired) electrons. The van der Waals surface area contributed by atoms with Crippen LogP contribution in [0.25, 0.3) is 20.9 Å². The number of nitrogens with zero attached hydrogens (tertiary/aromatic N) is 4. The largest absolute Gasteiger partial charge is 0.492 e. The Bertz CT molecular complexity index is 1120. The van der Waals surface area contributed by atoms with Crippen LogP contribution in [0, 0.1) is 0 Å². The Morgan fingerprint density at radius 2 is 2.11 bits per heavy atom. The second kappa shape index (κ2) is 7.87. The van der Waals surface area contributed by atoms with Crippen LogP contribution >= 0.6 is 22.7 Å². The minimum absolute atomic E-state index is 0.167. The Morgan fingerprint density at radius 3 is 2.89 bits per heavy atom. The molecule has 10 heteroatoms. The van der Waals surface area contributed by atoms with Crippen LogP contribution in [0.2, 0.25) is 0 Å². The maximum atomic E-state index is 12.3. The standard InChI is InChI=1S/C18H16N6O2S2/c1-2-26-11-4-6-13(20-9-11)16-23-24-18(28-16)22-15(25)8-10-3-5-12-14(7-10)27-17(19)21-12/h3-7,9H,2,8H2,1H3,(H2,19,21)(H,22,24,25). The third-order valence-corrected chi connectivity index (χ3v) is 5.48. The number of amides is 1. The van der Waals surface area contributed by atoms with Gasteiger partial charge in [-0.2, -0.15) is 0 Å². The Hall–Kier alpha value is -3.11. The lowest BCUT2D eigenvalue weighted by Crippen LogP contribution is -2.14. The van der Waals surface area contributed by atoms with Crippen molar-refractivity contribution in [2.75, 3.05) is 17.7 Å². The molecule has 0 atom stereocenters. The average Bonchev–Trinajstić information content (AvgIpc) is 3.28. The molecule has 0 spiro atoms. The van der Waals surface area contributed by atoms with Gasteiger partial charge in [0.2, 0.25) is 11.0 Å². The van der Waals surface area contributed by atoms with Gasteiger partial charge in [-0.05, 0) is 36.8 Å². The summed E-state index contributed by atoms with van der Waals surface area (Å²) in [6, 6.07) is 9.31. The number of carbonyl (C=O) groups excluding carboxylic acids is 1. The van der Waals surface area contributed by atoms with Gasteiger partial charge in [-0.15, -0.1) is 10.2 Å². The summed E-state index contributed by atoms with van der Waals surface area (Å²) < 4.78 is 6.34. The Kier molecular flexibility index (Phi) is 5.13. The summed E-state index contributed by atoms with van der Waals surface area (Å²) in [7, 11) is 0. The number of nitrogens with two attached hydrogens (primary N) is 1. The van der Waals surface area contributed by atoms with Crippen molar-refractivity contribution in [2.24, 2.45) is 0 Å². The monoisotopic (exact) mass is 412 g/mol. The number of carbonyl (C=O) groups is 1. The number of rotatable bonds is 6. The highest BCUT2D eigenvalue weighted by molar-refractivity contribution is 7.22. The summed E-state index contributed by atoms with van der Waals surface area (Å²) >= 11 is 2.67. The number of hydrogen-bond donors (Lipinski definition) is 2. The molecule has 1 amide bonds. The zero-order chi connectivity index (χ0) is 19.5. The first-order valence-corrected chi connectivity index (χ1v) is 10.1. The molecule has 8 nitrogen and oxygen atoms in total. The molecular weight excluding hydrogens is 396 g/mol. The highest BCUT2D eigenvalue weighted by atomic mass is 32.1. The first kappa shape index (κ1) is 18.3. The molecule has 4 rings (SSSR count). The number of aromatic nitrogens is 4. The molecule has 0 saturated heterocycles. The number of benzene rings is 1. The van der Waals surface area contributed by atoms with E-state index in [0.717, 1.165) is 15.8 Å². The van der Waals surface area contributed by atoms with Crippen molar-refractivity contribution in [3.8, 4) is 16.5 Å². The SMILES string of the molecule is CCOc1ccc(-c2nnc(NC(=O)Cc3ccc4nc(N)sc4c3)s2)nc1. The van der Waals surface area contributed by atoms with Gasteiger partial charge in [-0.3, -0.25) is 4.79 Å². The fourth-order valence-electron chi connectivity index (χ4n) is 2.58. The summed E-state index contributed by atoms with van der Waals surface area (Å²) in [6.07, 6.45) is 1.87. The maximum Gasteiger partial charge on any atom is 0.230 e. The molecule has 142 valence electrons. The van der Waals surface area contributed by atoms with Gasteiger partial charge in [0, 0.05) is 0 Å². The van der Waals surface area contributed by atoms with Crippen LogP contribution in [0.5, 0.6) is 5.75 Å². The molecule has 0 fully saturated rings. The molecule has 0 unspecified atom stereocenters. The van der Waals surface area contributed by atoms with Gasteiger partial charge in [-0.25, -0.2) is 9.97 Å². The third-order valence-electron chi connectivity index (χ3n) is 3.77. The summed E-state index contributed by atoms with van der Waals surface area (Å²) in [5.41, 5.74) is 8.11. The van der Waals surface area contributed by atoms with Crippen LogP contribution in [-0.4, -0.2) is 32.7 Å². The Labute approximate surface area is 168 Å². The van der Waals surface area contributed by atoms with E-state index < -0.39 is 0 Å². The molecular formula is C18H16N6O2S2. The molecule has 3 N–H and O–H groups in total. The van der Waals surface area contributed by atoms with Crippen molar-refractivity contribution in [2.45, 2.75) is 13.3 Å². The van der Waals surface area contributed by atoms with E-state index in [-0.39, 0.29) is 12.3 Å². The van der Waals surface area contributed by atoms with E-state index in [1.165, 1.54) is 22.7 Å². The van der Waals surface area contributed by atoms with E-state index in [0.29, 0.717) is 33.3 Å². The van der Waals surface area contributed by atoms with Crippen molar-refractivity contribution >= 4 is 49.1 Å². The second-order valence-corrected chi connectivity index (χ2v) is 7.84. The fraction of sp³-hybridized carbons (Fsp3) is 0.167. The van der Waals surface area contributed by atoms with Gasteiger partial charge >= 0.3 is 0 Å². The number of pyridine rings is 1. The molecule has 4 aromatic rings. The molecule has 3 aromatic heterocycles. The Morgan fingerprint density at radius 1 is 1.21 bits per heavy atom. The molecule has 1 aromatic carbocycles. The lowest BCUT2D eigenvalue weighted by atomic mass is 10.1. The molecule has 28 heavy (non-hydrogen) atoms. The van der Waals surface area contributed by atoms with Gasteiger partial charge in [0.05, 0.1) is 29.4 Å². The van der Waals surface area contributed by atoms with Crippen molar-refractivity contribution in [1.82, 2.24) is 20.2 Å². The average molecular weight is 413 g/mol. The van der Waals surface area contributed by atoms with Crippen molar-refractivity contribution in [1.29, 1.82) is 0 Å². The normalized spacial score (nSPS) is 10.9. The van der Waals surface area contributed by atoms with E-state index in [1.54, 1.807) is 6.20 Å². The van der Waals surface area contributed by atoms with Crippen molar-refractivity contribution in [3.05, 3.63) is 42.1 Å². The minimum atomic E-state index is -0.167. The lowest BCUT2D eigenvalue weighted by molar-refractivity contribution is -0.115. The topological polar surface area (TPSA) is 116 Å². The van der Waals surface area contributed by atoms with Crippen LogP contribution in [0.15, 0.2) is 36.5 Å². The highest BCUT2D eigenvalue weighted by Gasteiger charge is 2.12. The summed E-state index contributed by atoms with van der Waals surface area (Å²) in [5, 5.41) is 12.5. The zero-order valence-corrected chi connectivity index (χ0v) is 16.5. The predicted octanol–water partition coefficient (Wildman–Crippen LogP) is 3.37. The molecule has 0 aliphatic carbocycles. The van der Waals surface area contributed by atoms with Crippen LogP contribution < -0.4 is 15.8 Å². The van der Waals surface area contributed by atoms with Crippen LogP contribution in [-0.2, 0) is 11.2 Å². The number of nitrogens with one attached hydrogen (secondary N) is 1. The van der Waals surface area contributed by atoms with Crippen LogP contribution in [0.4, 0.5) is 10.3 Å². The lowest BCUT2D eigenvalue weighted by Gasteiger charge is -2.02. The van der Waals surface area contributed by atoms with Crippen molar-refractivity contribution in [3.63, 3.8) is 0 Å². The second-order valence-electron chi connectivity index (χ2n) is 5.80. The maximum absolute atomic E-state index is 12.3. The number of hydrogen-bond acceptors (Lipinski definition) is 9. The van der Waals surface area contributed by atoms with E-state index in [9.17, 15) is 4.79 Å². The minimum Gasteiger partial charge on any atom is -0.492 e. The predicted molar refractivity (Wildman–Crippen MR) is 111 cm³/mol.